The Morgan fingerprint density at radius 2 is 2.10 bits per heavy atom. The van der Waals surface area contributed by atoms with Crippen molar-refractivity contribution in [2.45, 2.75) is 26.1 Å². The number of aromatic nitrogens is 2. The number of hydrogen-bond donors (Lipinski definition) is 0. The molecule has 0 amide bonds. The maximum Gasteiger partial charge on any atom is 0.108 e. The molecule has 4 rings (SSSR count). The molecule has 0 radical (unpaired) electrons. The van der Waals surface area contributed by atoms with E-state index in [2.05, 4.69) is 59.0 Å². The monoisotopic (exact) mass is 283 g/mol. The van der Waals surface area contributed by atoms with Crippen LogP contribution in [0, 0.1) is 0 Å². The third kappa shape index (κ3) is 1.96. The van der Waals surface area contributed by atoms with E-state index in [0.717, 1.165) is 25.2 Å². The molecule has 1 aromatic carbocycles. The Labute approximate surface area is 122 Å². The van der Waals surface area contributed by atoms with Gasteiger partial charge in [0.15, 0.2) is 0 Å². The van der Waals surface area contributed by atoms with Crippen molar-refractivity contribution in [2.24, 2.45) is 0 Å². The average molecular weight is 283 g/mol. The second kappa shape index (κ2) is 4.72. The lowest BCUT2D eigenvalue weighted by atomic mass is 10.1. The van der Waals surface area contributed by atoms with Gasteiger partial charge in [0.05, 0.1) is 16.8 Å². The summed E-state index contributed by atoms with van der Waals surface area (Å²) in [7, 11) is 0. The van der Waals surface area contributed by atoms with Crippen LogP contribution in [0.3, 0.4) is 0 Å². The molecule has 3 heterocycles. The van der Waals surface area contributed by atoms with Crippen LogP contribution >= 0.6 is 11.3 Å². The standard InChI is InChI=1S/C16H17N3S/c1-12-14-6-4-8-18(14)9-10-19(12)11-16-17-13-5-2-3-7-15(13)20-16/h2-8,12H,9-11H2,1H3/t12-/m0/s1. The summed E-state index contributed by atoms with van der Waals surface area (Å²) in [6.07, 6.45) is 2.18. The Bertz CT molecular complexity index is 710. The van der Waals surface area contributed by atoms with Gasteiger partial charge in [0.2, 0.25) is 0 Å². The lowest BCUT2D eigenvalue weighted by Crippen LogP contribution is -2.35. The molecule has 0 N–H and O–H groups in total. The summed E-state index contributed by atoms with van der Waals surface area (Å²) in [5.74, 6) is 0. The zero-order valence-corrected chi connectivity index (χ0v) is 12.3. The minimum Gasteiger partial charge on any atom is -0.349 e. The number of fused-ring (bicyclic) bond motifs is 2. The molecule has 0 saturated carbocycles. The summed E-state index contributed by atoms with van der Waals surface area (Å²) in [5, 5.41) is 1.22. The molecule has 2 aromatic heterocycles. The highest BCUT2D eigenvalue weighted by Crippen LogP contribution is 2.29. The molecule has 1 atom stereocenters. The molecule has 0 saturated heterocycles. The normalized spacial score (nSPS) is 19.4. The van der Waals surface area contributed by atoms with E-state index in [1.165, 1.54) is 15.4 Å². The molecular formula is C16H17N3S. The Morgan fingerprint density at radius 3 is 3.00 bits per heavy atom. The molecule has 0 spiro atoms. The molecular weight excluding hydrogens is 266 g/mol. The highest BCUT2D eigenvalue weighted by Gasteiger charge is 2.24. The summed E-state index contributed by atoms with van der Waals surface area (Å²) >= 11 is 1.82. The van der Waals surface area contributed by atoms with Gasteiger partial charge in [0.25, 0.3) is 0 Å². The van der Waals surface area contributed by atoms with Crippen molar-refractivity contribution in [3.8, 4) is 0 Å². The van der Waals surface area contributed by atoms with Crippen LogP contribution in [0.1, 0.15) is 23.7 Å². The molecule has 3 aromatic rings. The number of benzene rings is 1. The van der Waals surface area contributed by atoms with E-state index in [1.807, 2.05) is 11.3 Å². The van der Waals surface area contributed by atoms with E-state index >= 15 is 0 Å². The van der Waals surface area contributed by atoms with Gasteiger partial charge in [-0.3, -0.25) is 4.90 Å². The van der Waals surface area contributed by atoms with Crippen molar-refractivity contribution in [2.75, 3.05) is 6.54 Å². The maximum absolute atomic E-state index is 4.75. The smallest absolute Gasteiger partial charge is 0.108 e. The lowest BCUT2D eigenvalue weighted by Gasteiger charge is -2.34. The number of rotatable bonds is 2. The Morgan fingerprint density at radius 1 is 1.20 bits per heavy atom. The fourth-order valence-corrected chi connectivity index (χ4v) is 4.00. The van der Waals surface area contributed by atoms with Crippen LogP contribution in [0.2, 0.25) is 0 Å². The van der Waals surface area contributed by atoms with Crippen LogP contribution in [0.5, 0.6) is 0 Å². The van der Waals surface area contributed by atoms with Gasteiger partial charge >= 0.3 is 0 Å². The van der Waals surface area contributed by atoms with Crippen molar-refractivity contribution in [3.05, 3.63) is 53.3 Å². The van der Waals surface area contributed by atoms with Crippen molar-refractivity contribution < 1.29 is 0 Å². The van der Waals surface area contributed by atoms with Crippen LogP contribution in [0.25, 0.3) is 10.2 Å². The molecule has 0 aliphatic carbocycles. The topological polar surface area (TPSA) is 21.1 Å². The molecule has 0 unspecified atom stereocenters. The van der Waals surface area contributed by atoms with Crippen LogP contribution in [0.4, 0.5) is 0 Å². The summed E-state index contributed by atoms with van der Waals surface area (Å²) in [4.78, 5) is 7.28. The summed E-state index contributed by atoms with van der Waals surface area (Å²) in [5.41, 5.74) is 2.54. The first-order valence-electron chi connectivity index (χ1n) is 7.05. The van der Waals surface area contributed by atoms with E-state index in [0.29, 0.717) is 6.04 Å². The van der Waals surface area contributed by atoms with E-state index in [1.54, 1.807) is 0 Å². The van der Waals surface area contributed by atoms with Gasteiger partial charge in [-0.1, -0.05) is 12.1 Å². The van der Waals surface area contributed by atoms with Crippen molar-refractivity contribution in [1.82, 2.24) is 14.5 Å². The predicted octanol–water partition coefficient (Wildman–Crippen LogP) is 3.67. The molecule has 4 heteroatoms. The molecule has 3 nitrogen and oxygen atoms in total. The quantitative estimate of drug-likeness (QED) is 0.715. The molecule has 102 valence electrons. The molecule has 1 aliphatic heterocycles. The zero-order valence-electron chi connectivity index (χ0n) is 11.5. The highest BCUT2D eigenvalue weighted by atomic mass is 32.1. The van der Waals surface area contributed by atoms with Crippen molar-refractivity contribution in [1.29, 1.82) is 0 Å². The fraction of sp³-hybridized carbons (Fsp3) is 0.312. The Kier molecular flexibility index (Phi) is 2.86. The van der Waals surface area contributed by atoms with Gasteiger partial charge in [-0.05, 0) is 31.2 Å². The van der Waals surface area contributed by atoms with Gasteiger partial charge in [0, 0.05) is 31.0 Å². The van der Waals surface area contributed by atoms with Crippen molar-refractivity contribution in [3.63, 3.8) is 0 Å². The van der Waals surface area contributed by atoms with Crippen LogP contribution in [-0.4, -0.2) is 21.0 Å². The average Bonchev–Trinajstić information content (AvgIpc) is 3.08. The number of thiazole rings is 1. The number of para-hydroxylation sites is 1. The molecule has 0 bridgehead atoms. The predicted molar refractivity (Wildman–Crippen MR) is 82.9 cm³/mol. The van der Waals surface area contributed by atoms with Crippen molar-refractivity contribution >= 4 is 21.6 Å². The highest BCUT2D eigenvalue weighted by molar-refractivity contribution is 7.18. The van der Waals surface area contributed by atoms with E-state index < -0.39 is 0 Å². The van der Waals surface area contributed by atoms with Crippen LogP contribution in [0.15, 0.2) is 42.6 Å². The minimum absolute atomic E-state index is 0.464. The second-order valence-electron chi connectivity index (χ2n) is 5.35. The second-order valence-corrected chi connectivity index (χ2v) is 6.46. The third-order valence-corrected chi connectivity index (χ3v) is 5.17. The van der Waals surface area contributed by atoms with Gasteiger partial charge < -0.3 is 4.57 Å². The summed E-state index contributed by atoms with van der Waals surface area (Å²) in [6, 6.07) is 13.2. The van der Waals surface area contributed by atoms with E-state index in [9.17, 15) is 0 Å². The Hall–Kier alpha value is -1.65. The number of nitrogens with zero attached hydrogens (tertiary/aromatic N) is 3. The van der Waals surface area contributed by atoms with Gasteiger partial charge in [-0.15, -0.1) is 11.3 Å². The first-order valence-corrected chi connectivity index (χ1v) is 7.86. The zero-order chi connectivity index (χ0) is 13.5. The summed E-state index contributed by atoms with van der Waals surface area (Å²) in [6.45, 7) is 5.42. The Balaban J connectivity index is 1.60. The van der Waals surface area contributed by atoms with Crippen LogP contribution < -0.4 is 0 Å². The first-order chi connectivity index (χ1) is 9.81. The molecule has 20 heavy (non-hydrogen) atoms. The van der Waals surface area contributed by atoms with E-state index in [-0.39, 0.29) is 0 Å². The SMILES string of the molecule is C[C@H]1c2cccn2CCN1Cc1nc2ccccc2s1. The maximum atomic E-state index is 4.75. The number of hydrogen-bond acceptors (Lipinski definition) is 3. The van der Waals surface area contributed by atoms with Gasteiger partial charge in [-0.25, -0.2) is 4.98 Å². The van der Waals surface area contributed by atoms with Crippen LogP contribution in [-0.2, 0) is 13.1 Å². The minimum atomic E-state index is 0.464. The van der Waals surface area contributed by atoms with Gasteiger partial charge in [-0.2, -0.15) is 0 Å². The van der Waals surface area contributed by atoms with E-state index in [4.69, 9.17) is 4.98 Å². The largest absolute Gasteiger partial charge is 0.349 e. The lowest BCUT2D eigenvalue weighted by molar-refractivity contribution is 0.161. The summed E-state index contributed by atoms with van der Waals surface area (Å²) < 4.78 is 3.65. The third-order valence-electron chi connectivity index (χ3n) is 4.15. The van der Waals surface area contributed by atoms with Gasteiger partial charge in [0.1, 0.15) is 5.01 Å². The first kappa shape index (κ1) is 12.1. The molecule has 0 fully saturated rings. The fourth-order valence-electron chi connectivity index (χ4n) is 3.00. The molecule has 1 aliphatic rings.